The van der Waals surface area contributed by atoms with E-state index >= 15 is 0 Å². The van der Waals surface area contributed by atoms with Gasteiger partial charge in [0.15, 0.2) is 8.07 Å². The number of hydrogen-bond donors (Lipinski definition) is 0. The molecule has 11 rings (SSSR count). The molecule has 0 aliphatic rings. The molecule has 0 bridgehead atoms. The third-order valence-corrected chi connectivity index (χ3v) is 17.0. The Kier molecular flexibility index (Phi) is 9.22. The molecule has 10 aromatic carbocycles. The Labute approximate surface area is 357 Å². The molecule has 0 saturated heterocycles. The van der Waals surface area contributed by atoms with Gasteiger partial charge in [-0.1, -0.05) is 200 Å². The molecule has 0 radical (unpaired) electrons. The summed E-state index contributed by atoms with van der Waals surface area (Å²) in [5, 5.41) is 10.1. The van der Waals surface area contributed by atoms with Crippen LogP contribution in [0.1, 0.15) is 0 Å². The highest BCUT2D eigenvalue weighted by Gasteiger charge is 2.41. The quantitative estimate of drug-likeness (QED) is 0.107. The van der Waals surface area contributed by atoms with Crippen molar-refractivity contribution in [2.24, 2.45) is 0 Å². The fourth-order valence-corrected chi connectivity index (χ4v) is 14.2. The Morgan fingerprint density at radius 3 is 1.46 bits per heavy atom. The van der Waals surface area contributed by atoms with Crippen LogP contribution in [0, 0.1) is 0 Å². The fourth-order valence-electron chi connectivity index (χ4n) is 9.41. The summed E-state index contributed by atoms with van der Waals surface area (Å²) in [5.41, 5.74) is 9.80. The molecule has 1 aromatic heterocycles. The minimum atomic E-state index is -2.70. The predicted octanol–water partition coefficient (Wildman–Crippen LogP) is 12.9. The third-order valence-electron chi connectivity index (χ3n) is 12.2. The number of furan rings is 1. The second-order valence-electron chi connectivity index (χ2n) is 15.6. The fraction of sp³-hybridized carbons (Fsp3) is 0. The van der Waals surface area contributed by atoms with Crippen molar-refractivity contribution in [3.8, 4) is 22.3 Å². The Bertz CT molecular complexity index is 3170. The molecule has 0 aliphatic carbocycles. The molecular weight excluding hydrogens is 755 g/mol. The van der Waals surface area contributed by atoms with E-state index in [9.17, 15) is 0 Å². The highest BCUT2D eigenvalue weighted by molar-refractivity contribution is 7.19. The van der Waals surface area contributed by atoms with Crippen molar-refractivity contribution in [1.29, 1.82) is 0 Å². The maximum Gasteiger partial charge on any atom is 0.179 e. The second kappa shape index (κ2) is 15.5. The third kappa shape index (κ3) is 6.35. The summed E-state index contributed by atoms with van der Waals surface area (Å²) in [5.74, 6) is 0. The summed E-state index contributed by atoms with van der Waals surface area (Å²) >= 11 is 0. The van der Waals surface area contributed by atoms with Crippen molar-refractivity contribution in [3.63, 3.8) is 0 Å². The summed E-state index contributed by atoms with van der Waals surface area (Å²) in [6.45, 7) is 0. The lowest BCUT2D eigenvalue weighted by Crippen LogP contribution is -2.74. The lowest BCUT2D eigenvalue weighted by atomic mass is 9.97. The van der Waals surface area contributed by atoms with E-state index in [1.54, 1.807) is 0 Å². The highest BCUT2D eigenvalue weighted by Crippen LogP contribution is 2.42. The standard InChI is InChI=1S/C58H41NOSi/c1-5-17-43(18-6-1)52-25-13-15-27-55(52)59(46-34-31-42(32-35-46)45-30-29-44-33-40-57-58(54(44)41-45)53-26-14-16-28-56(53)60-57)47-36-38-51(39-37-47)61(48-19-7-2-8-20-48,49-21-9-3-10-22-49)50-23-11-4-12-24-50/h1-41H. The zero-order chi connectivity index (χ0) is 40.6. The molecular formula is C58H41NOSi. The minimum Gasteiger partial charge on any atom is -0.456 e. The molecule has 2 nitrogen and oxygen atoms in total. The van der Waals surface area contributed by atoms with Crippen molar-refractivity contribution < 1.29 is 4.42 Å². The van der Waals surface area contributed by atoms with E-state index < -0.39 is 8.07 Å². The van der Waals surface area contributed by atoms with Gasteiger partial charge in [-0.25, -0.2) is 0 Å². The van der Waals surface area contributed by atoms with E-state index in [1.165, 1.54) is 48.2 Å². The first-order valence-electron chi connectivity index (χ1n) is 20.9. The first-order chi connectivity index (χ1) is 30.3. The number of anilines is 3. The van der Waals surface area contributed by atoms with E-state index in [0.29, 0.717) is 0 Å². The normalized spacial score (nSPS) is 11.6. The zero-order valence-electron chi connectivity index (χ0n) is 33.5. The number of para-hydroxylation sites is 2. The monoisotopic (exact) mass is 795 g/mol. The average molecular weight is 796 g/mol. The van der Waals surface area contributed by atoms with Gasteiger partial charge in [-0.15, -0.1) is 0 Å². The maximum atomic E-state index is 6.26. The topological polar surface area (TPSA) is 16.4 Å². The lowest BCUT2D eigenvalue weighted by molar-refractivity contribution is 0.669. The van der Waals surface area contributed by atoms with Gasteiger partial charge < -0.3 is 9.32 Å². The summed E-state index contributed by atoms with van der Waals surface area (Å²) in [6.07, 6.45) is 0. The van der Waals surface area contributed by atoms with Crippen molar-refractivity contribution in [1.82, 2.24) is 0 Å². The zero-order valence-corrected chi connectivity index (χ0v) is 34.5. The van der Waals surface area contributed by atoms with Gasteiger partial charge in [-0.05, 0) is 96.7 Å². The van der Waals surface area contributed by atoms with E-state index in [0.717, 1.165) is 44.6 Å². The summed E-state index contributed by atoms with van der Waals surface area (Å²) in [4.78, 5) is 2.41. The summed E-state index contributed by atoms with van der Waals surface area (Å²) in [7, 11) is -2.70. The molecule has 61 heavy (non-hydrogen) atoms. The molecule has 3 heteroatoms. The van der Waals surface area contributed by atoms with Crippen LogP contribution in [-0.2, 0) is 0 Å². The van der Waals surface area contributed by atoms with E-state index in [1.807, 2.05) is 12.1 Å². The molecule has 0 N–H and O–H groups in total. The number of benzene rings is 10. The van der Waals surface area contributed by atoms with Gasteiger partial charge in [-0.3, -0.25) is 0 Å². The highest BCUT2D eigenvalue weighted by atomic mass is 28.3. The maximum absolute atomic E-state index is 6.26. The predicted molar refractivity (Wildman–Crippen MR) is 260 cm³/mol. The Morgan fingerprint density at radius 2 is 0.820 bits per heavy atom. The van der Waals surface area contributed by atoms with E-state index in [2.05, 4.69) is 241 Å². The Balaban J connectivity index is 1.06. The molecule has 0 amide bonds. The smallest absolute Gasteiger partial charge is 0.179 e. The van der Waals surface area contributed by atoms with Crippen LogP contribution in [0.5, 0.6) is 0 Å². The van der Waals surface area contributed by atoms with Crippen LogP contribution in [0.2, 0.25) is 0 Å². The minimum absolute atomic E-state index is 0.913. The van der Waals surface area contributed by atoms with Crippen LogP contribution >= 0.6 is 0 Å². The Morgan fingerprint density at radius 1 is 0.328 bits per heavy atom. The van der Waals surface area contributed by atoms with Gasteiger partial charge in [-0.2, -0.15) is 0 Å². The van der Waals surface area contributed by atoms with Gasteiger partial charge in [0.1, 0.15) is 11.2 Å². The molecule has 0 unspecified atom stereocenters. The summed E-state index contributed by atoms with van der Waals surface area (Å²) < 4.78 is 6.26. The van der Waals surface area contributed by atoms with E-state index in [-0.39, 0.29) is 0 Å². The van der Waals surface area contributed by atoms with Crippen LogP contribution < -0.4 is 25.6 Å². The van der Waals surface area contributed by atoms with Gasteiger partial charge in [0.25, 0.3) is 0 Å². The van der Waals surface area contributed by atoms with E-state index in [4.69, 9.17) is 4.42 Å². The van der Waals surface area contributed by atoms with Gasteiger partial charge in [0.2, 0.25) is 0 Å². The largest absolute Gasteiger partial charge is 0.456 e. The number of nitrogens with zero attached hydrogens (tertiary/aromatic N) is 1. The van der Waals surface area contributed by atoms with Gasteiger partial charge in [0.05, 0.1) is 5.69 Å². The van der Waals surface area contributed by atoms with Gasteiger partial charge in [0, 0.05) is 27.7 Å². The van der Waals surface area contributed by atoms with Crippen molar-refractivity contribution in [2.45, 2.75) is 0 Å². The molecule has 288 valence electrons. The molecule has 0 fully saturated rings. The number of fused-ring (bicyclic) bond motifs is 5. The Hall–Kier alpha value is -7.72. The lowest BCUT2D eigenvalue weighted by Gasteiger charge is -2.35. The van der Waals surface area contributed by atoms with Gasteiger partial charge >= 0.3 is 0 Å². The molecule has 0 aliphatic heterocycles. The first-order valence-corrected chi connectivity index (χ1v) is 22.9. The molecule has 11 aromatic rings. The van der Waals surface area contributed by atoms with Crippen LogP contribution in [0.4, 0.5) is 17.1 Å². The molecule has 0 atom stereocenters. The van der Waals surface area contributed by atoms with Crippen molar-refractivity contribution in [3.05, 3.63) is 249 Å². The first kappa shape index (κ1) is 36.4. The van der Waals surface area contributed by atoms with Crippen LogP contribution in [-0.4, -0.2) is 8.07 Å². The SMILES string of the molecule is c1ccc(-c2ccccc2N(c2ccc(-c3ccc4ccc5oc6ccccc6c5c4c3)cc2)c2ccc([Si](c3ccccc3)(c3ccccc3)c3ccccc3)cc2)cc1. The van der Waals surface area contributed by atoms with Crippen LogP contribution in [0.15, 0.2) is 253 Å². The number of hydrogen-bond acceptors (Lipinski definition) is 2. The van der Waals surface area contributed by atoms with Crippen molar-refractivity contribution in [2.75, 3.05) is 4.90 Å². The van der Waals surface area contributed by atoms with Crippen molar-refractivity contribution >= 4 is 78.6 Å². The average Bonchev–Trinajstić information content (AvgIpc) is 3.73. The molecule has 0 spiro atoms. The van der Waals surface area contributed by atoms with Crippen LogP contribution in [0.25, 0.3) is 55.0 Å². The molecule has 1 heterocycles. The number of rotatable bonds is 9. The summed E-state index contributed by atoms with van der Waals surface area (Å²) in [6, 6.07) is 90.6. The molecule has 0 saturated carbocycles. The second-order valence-corrected chi connectivity index (χ2v) is 19.4. The van der Waals surface area contributed by atoms with Crippen LogP contribution in [0.3, 0.4) is 0 Å².